The van der Waals surface area contributed by atoms with Gasteiger partial charge in [-0.2, -0.15) is 0 Å². The van der Waals surface area contributed by atoms with Crippen molar-refractivity contribution in [3.05, 3.63) is 132 Å². The first kappa shape index (κ1) is 19.8. The molecule has 6 aromatic carbocycles. The molecule has 0 N–H and O–H groups in total. The van der Waals surface area contributed by atoms with Crippen LogP contribution in [-0.2, 0) is 0 Å². The van der Waals surface area contributed by atoms with E-state index in [1.165, 1.54) is 32.7 Å². The molecule has 1 heteroatoms. The average Bonchev–Trinajstić information content (AvgIpc) is 2.89. The molecule has 0 radical (unpaired) electrons. The van der Waals surface area contributed by atoms with Crippen LogP contribution < -0.4 is 0 Å². The molecule has 6 aromatic rings. The average molecular weight is 441 g/mol. The second-order valence-corrected chi connectivity index (χ2v) is 8.74. The SMILES string of the molecule is Clc1cc(-c2ccccc2)c(-c2cc3ccccc3c3ccccc23)c(-c2ccccc2)c1. The van der Waals surface area contributed by atoms with Crippen LogP contribution in [0.3, 0.4) is 0 Å². The molecule has 0 fully saturated rings. The van der Waals surface area contributed by atoms with Crippen LogP contribution in [-0.4, -0.2) is 0 Å². The molecule has 0 aliphatic rings. The molecule has 0 heterocycles. The summed E-state index contributed by atoms with van der Waals surface area (Å²) in [7, 11) is 0. The van der Waals surface area contributed by atoms with E-state index in [4.69, 9.17) is 11.6 Å². The molecule has 0 saturated heterocycles. The normalized spacial score (nSPS) is 11.2. The van der Waals surface area contributed by atoms with E-state index in [0.29, 0.717) is 0 Å². The minimum Gasteiger partial charge on any atom is -0.0843 e. The summed E-state index contributed by atoms with van der Waals surface area (Å²) in [6.07, 6.45) is 0. The van der Waals surface area contributed by atoms with Crippen LogP contribution in [0.1, 0.15) is 0 Å². The highest BCUT2D eigenvalue weighted by Gasteiger charge is 2.18. The maximum Gasteiger partial charge on any atom is 0.0418 e. The molecule has 0 aliphatic carbocycles. The van der Waals surface area contributed by atoms with Gasteiger partial charge in [0.1, 0.15) is 0 Å². The van der Waals surface area contributed by atoms with Crippen LogP contribution in [0.2, 0.25) is 5.02 Å². The Bertz CT molecular complexity index is 1540. The summed E-state index contributed by atoms with van der Waals surface area (Å²) in [5, 5.41) is 5.75. The molecule has 0 aromatic heterocycles. The fourth-order valence-corrected chi connectivity index (χ4v) is 5.07. The lowest BCUT2D eigenvalue weighted by atomic mass is 9.84. The van der Waals surface area contributed by atoms with Crippen molar-refractivity contribution in [2.24, 2.45) is 0 Å². The van der Waals surface area contributed by atoms with Gasteiger partial charge in [-0.1, -0.05) is 121 Å². The molecule has 156 valence electrons. The maximum atomic E-state index is 6.72. The van der Waals surface area contributed by atoms with Gasteiger partial charge in [0.2, 0.25) is 0 Å². The molecule has 0 nitrogen and oxygen atoms in total. The number of fused-ring (bicyclic) bond motifs is 3. The first-order valence-corrected chi connectivity index (χ1v) is 11.5. The Morgan fingerprint density at radius 1 is 0.394 bits per heavy atom. The molecule has 6 rings (SSSR count). The lowest BCUT2D eigenvalue weighted by Crippen LogP contribution is -1.93. The van der Waals surface area contributed by atoms with Crippen LogP contribution in [0.15, 0.2) is 127 Å². The highest BCUT2D eigenvalue weighted by molar-refractivity contribution is 6.31. The van der Waals surface area contributed by atoms with Crippen molar-refractivity contribution in [1.82, 2.24) is 0 Å². The van der Waals surface area contributed by atoms with E-state index >= 15 is 0 Å². The summed E-state index contributed by atoms with van der Waals surface area (Å²) in [4.78, 5) is 0. The largest absolute Gasteiger partial charge is 0.0843 e. The first-order chi connectivity index (χ1) is 16.3. The van der Waals surface area contributed by atoms with E-state index in [2.05, 4.69) is 127 Å². The van der Waals surface area contributed by atoms with Gasteiger partial charge < -0.3 is 0 Å². The van der Waals surface area contributed by atoms with E-state index in [0.717, 1.165) is 27.3 Å². The zero-order valence-electron chi connectivity index (χ0n) is 18.0. The first-order valence-electron chi connectivity index (χ1n) is 11.1. The Kier molecular flexibility index (Phi) is 4.94. The summed E-state index contributed by atoms with van der Waals surface area (Å²) >= 11 is 6.72. The molecule has 33 heavy (non-hydrogen) atoms. The Hall–Kier alpha value is -3.87. The lowest BCUT2D eigenvalue weighted by Gasteiger charge is -2.20. The number of benzene rings is 6. The van der Waals surface area contributed by atoms with Gasteiger partial charge in [0, 0.05) is 5.02 Å². The van der Waals surface area contributed by atoms with Crippen molar-refractivity contribution in [1.29, 1.82) is 0 Å². The minimum atomic E-state index is 0.738. The third-order valence-corrected chi connectivity index (χ3v) is 6.53. The van der Waals surface area contributed by atoms with Gasteiger partial charge in [0.05, 0.1) is 0 Å². The standard InChI is InChI=1S/C32H21Cl/c33-25-20-29(22-11-3-1-4-12-22)32(30(21-25)23-13-5-2-6-14-23)31-19-24-15-7-8-16-26(24)27-17-9-10-18-28(27)31/h1-21H. The van der Waals surface area contributed by atoms with Crippen molar-refractivity contribution in [2.75, 3.05) is 0 Å². The van der Waals surface area contributed by atoms with Crippen LogP contribution in [0, 0.1) is 0 Å². The van der Waals surface area contributed by atoms with Gasteiger partial charge in [-0.3, -0.25) is 0 Å². The Labute approximate surface area is 198 Å². The van der Waals surface area contributed by atoms with Gasteiger partial charge in [0.15, 0.2) is 0 Å². The van der Waals surface area contributed by atoms with Crippen molar-refractivity contribution >= 4 is 33.1 Å². The monoisotopic (exact) mass is 440 g/mol. The predicted molar refractivity (Wildman–Crippen MR) is 143 cm³/mol. The van der Waals surface area contributed by atoms with Gasteiger partial charge >= 0.3 is 0 Å². The van der Waals surface area contributed by atoms with Gasteiger partial charge in [-0.15, -0.1) is 0 Å². The Morgan fingerprint density at radius 3 is 1.48 bits per heavy atom. The third kappa shape index (κ3) is 3.50. The number of rotatable bonds is 3. The van der Waals surface area contributed by atoms with Crippen LogP contribution in [0.25, 0.3) is 54.9 Å². The summed E-state index contributed by atoms with van der Waals surface area (Å²) in [5.41, 5.74) is 7.02. The van der Waals surface area contributed by atoms with Crippen molar-refractivity contribution < 1.29 is 0 Å². The topological polar surface area (TPSA) is 0 Å². The zero-order chi connectivity index (χ0) is 22.2. The molecule has 0 saturated carbocycles. The Balaban J connectivity index is 1.80. The summed E-state index contributed by atoms with van der Waals surface area (Å²) < 4.78 is 0. The highest BCUT2D eigenvalue weighted by atomic mass is 35.5. The van der Waals surface area contributed by atoms with E-state index in [1.54, 1.807) is 0 Å². The number of halogens is 1. The van der Waals surface area contributed by atoms with Crippen molar-refractivity contribution in [3.8, 4) is 33.4 Å². The molecular weight excluding hydrogens is 420 g/mol. The molecule has 0 unspecified atom stereocenters. The van der Waals surface area contributed by atoms with Gasteiger partial charge in [-0.05, 0) is 73.1 Å². The van der Waals surface area contributed by atoms with Crippen LogP contribution in [0.4, 0.5) is 0 Å². The minimum absolute atomic E-state index is 0.738. The van der Waals surface area contributed by atoms with Crippen molar-refractivity contribution in [2.45, 2.75) is 0 Å². The molecule has 0 aliphatic heterocycles. The van der Waals surface area contributed by atoms with E-state index < -0.39 is 0 Å². The molecule has 0 atom stereocenters. The second kappa shape index (κ2) is 8.24. The molecule has 0 amide bonds. The summed E-state index contributed by atoms with van der Waals surface area (Å²) in [6, 6.07) is 44.9. The number of hydrogen-bond acceptors (Lipinski definition) is 0. The predicted octanol–water partition coefficient (Wildman–Crippen LogP) is 9.65. The van der Waals surface area contributed by atoms with Crippen LogP contribution >= 0.6 is 11.6 Å². The zero-order valence-corrected chi connectivity index (χ0v) is 18.8. The highest BCUT2D eigenvalue weighted by Crippen LogP contribution is 2.45. The van der Waals surface area contributed by atoms with Crippen LogP contribution in [0.5, 0.6) is 0 Å². The summed E-state index contributed by atoms with van der Waals surface area (Å²) in [5.74, 6) is 0. The number of hydrogen-bond donors (Lipinski definition) is 0. The quantitative estimate of drug-likeness (QED) is 0.240. The molecule has 0 bridgehead atoms. The smallest absolute Gasteiger partial charge is 0.0418 e. The fraction of sp³-hybridized carbons (Fsp3) is 0. The third-order valence-electron chi connectivity index (χ3n) is 6.31. The van der Waals surface area contributed by atoms with Gasteiger partial charge in [-0.25, -0.2) is 0 Å². The van der Waals surface area contributed by atoms with Gasteiger partial charge in [0.25, 0.3) is 0 Å². The van der Waals surface area contributed by atoms with Crippen molar-refractivity contribution in [3.63, 3.8) is 0 Å². The second-order valence-electron chi connectivity index (χ2n) is 8.30. The lowest BCUT2D eigenvalue weighted by molar-refractivity contribution is 1.57. The summed E-state index contributed by atoms with van der Waals surface area (Å²) in [6.45, 7) is 0. The van der Waals surface area contributed by atoms with E-state index in [1.807, 2.05) is 0 Å². The maximum absolute atomic E-state index is 6.72. The van der Waals surface area contributed by atoms with E-state index in [9.17, 15) is 0 Å². The molecular formula is C32H21Cl. The Morgan fingerprint density at radius 2 is 0.879 bits per heavy atom. The molecule has 0 spiro atoms. The van der Waals surface area contributed by atoms with E-state index in [-0.39, 0.29) is 0 Å². The fourth-order valence-electron chi connectivity index (χ4n) is 4.85.